The van der Waals surface area contributed by atoms with Crippen molar-refractivity contribution in [3.63, 3.8) is 0 Å². The highest BCUT2D eigenvalue weighted by Crippen LogP contribution is 2.34. The third kappa shape index (κ3) is 3.28. The van der Waals surface area contributed by atoms with Gasteiger partial charge in [-0.15, -0.1) is 0 Å². The van der Waals surface area contributed by atoms with Crippen LogP contribution in [0.25, 0.3) is 10.8 Å². The van der Waals surface area contributed by atoms with Crippen molar-refractivity contribution in [1.82, 2.24) is 9.97 Å². The van der Waals surface area contributed by atoms with Crippen LogP contribution >= 0.6 is 0 Å². The standard InChI is InChI=1S/C21H17N3O2/c1-14-6-9-17(10-7-14)25-20-19(22)21(24-13-23-20)26-18-11-8-15-4-2-3-5-16(15)12-18/h2-13H,22H2,1H3. The van der Waals surface area contributed by atoms with Gasteiger partial charge < -0.3 is 15.2 Å². The number of fused-ring (bicyclic) bond motifs is 1. The van der Waals surface area contributed by atoms with Gasteiger partial charge in [0.05, 0.1) is 0 Å². The zero-order chi connectivity index (χ0) is 17.9. The summed E-state index contributed by atoms with van der Waals surface area (Å²) in [5.74, 6) is 1.82. The van der Waals surface area contributed by atoms with Gasteiger partial charge in [0, 0.05) is 0 Å². The molecule has 3 aromatic carbocycles. The molecule has 0 radical (unpaired) electrons. The molecule has 5 nitrogen and oxygen atoms in total. The average molecular weight is 343 g/mol. The molecule has 5 heteroatoms. The van der Waals surface area contributed by atoms with Crippen molar-refractivity contribution in [2.45, 2.75) is 6.92 Å². The van der Waals surface area contributed by atoms with Gasteiger partial charge in [-0.3, -0.25) is 0 Å². The molecular weight excluding hydrogens is 326 g/mol. The molecule has 0 aliphatic rings. The molecule has 0 bridgehead atoms. The quantitative estimate of drug-likeness (QED) is 0.558. The van der Waals surface area contributed by atoms with Crippen LogP contribution in [0.1, 0.15) is 5.56 Å². The Morgan fingerprint density at radius 1 is 0.731 bits per heavy atom. The largest absolute Gasteiger partial charge is 0.437 e. The van der Waals surface area contributed by atoms with E-state index in [9.17, 15) is 0 Å². The number of nitrogens with zero attached hydrogens (tertiary/aromatic N) is 2. The van der Waals surface area contributed by atoms with Crippen LogP contribution in [0.4, 0.5) is 5.69 Å². The normalized spacial score (nSPS) is 10.7. The maximum atomic E-state index is 6.15. The van der Waals surface area contributed by atoms with Gasteiger partial charge in [-0.05, 0) is 42.0 Å². The molecule has 0 spiro atoms. The molecule has 2 N–H and O–H groups in total. The molecule has 0 aliphatic heterocycles. The second-order valence-corrected chi connectivity index (χ2v) is 5.92. The molecule has 0 fully saturated rings. The molecule has 1 aromatic heterocycles. The Morgan fingerprint density at radius 3 is 2.08 bits per heavy atom. The molecular formula is C21H17N3O2. The number of aryl methyl sites for hydroxylation is 1. The minimum atomic E-state index is 0.251. The molecule has 128 valence electrons. The van der Waals surface area contributed by atoms with Gasteiger partial charge >= 0.3 is 0 Å². The van der Waals surface area contributed by atoms with E-state index in [1.54, 1.807) is 0 Å². The molecule has 1 heterocycles. The molecule has 0 aliphatic carbocycles. The summed E-state index contributed by atoms with van der Waals surface area (Å²) < 4.78 is 11.6. The van der Waals surface area contributed by atoms with Crippen molar-refractivity contribution >= 4 is 16.5 Å². The summed E-state index contributed by atoms with van der Waals surface area (Å²) in [6, 6.07) is 21.5. The highest BCUT2D eigenvalue weighted by Gasteiger charge is 2.12. The average Bonchev–Trinajstić information content (AvgIpc) is 2.67. The lowest BCUT2D eigenvalue weighted by atomic mass is 10.1. The minimum Gasteiger partial charge on any atom is -0.437 e. The van der Waals surface area contributed by atoms with E-state index in [0.29, 0.717) is 11.5 Å². The number of nitrogens with two attached hydrogens (primary N) is 1. The van der Waals surface area contributed by atoms with Gasteiger partial charge in [0.15, 0.2) is 5.69 Å². The number of hydrogen-bond donors (Lipinski definition) is 1. The Balaban J connectivity index is 1.61. The van der Waals surface area contributed by atoms with Gasteiger partial charge in [0.1, 0.15) is 17.8 Å². The SMILES string of the molecule is Cc1ccc(Oc2ncnc(Oc3ccc4ccccc4c3)c2N)cc1. The number of benzene rings is 3. The summed E-state index contributed by atoms with van der Waals surface area (Å²) in [4.78, 5) is 8.24. The van der Waals surface area contributed by atoms with Crippen molar-refractivity contribution in [3.8, 4) is 23.3 Å². The Labute approximate surface area is 151 Å². The molecule has 4 rings (SSSR count). The fourth-order valence-electron chi connectivity index (χ4n) is 2.59. The highest BCUT2D eigenvalue weighted by atomic mass is 16.5. The van der Waals surface area contributed by atoms with Gasteiger partial charge in [-0.25, -0.2) is 0 Å². The summed E-state index contributed by atoms with van der Waals surface area (Å²) in [6.45, 7) is 2.01. The van der Waals surface area contributed by atoms with Crippen molar-refractivity contribution in [3.05, 3.63) is 78.6 Å². The molecule has 0 saturated carbocycles. The number of rotatable bonds is 4. The lowest BCUT2D eigenvalue weighted by Gasteiger charge is -2.11. The summed E-state index contributed by atoms with van der Waals surface area (Å²) in [5.41, 5.74) is 7.54. The highest BCUT2D eigenvalue weighted by molar-refractivity contribution is 5.83. The van der Waals surface area contributed by atoms with E-state index < -0.39 is 0 Å². The molecule has 4 aromatic rings. The van der Waals surface area contributed by atoms with Crippen LogP contribution in [0.2, 0.25) is 0 Å². The first-order valence-corrected chi connectivity index (χ1v) is 8.21. The van der Waals surface area contributed by atoms with E-state index in [1.807, 2.05) is 73.7 Å². The van der Waals surface area contributed by atoms with Crippen LogP contribution in [0.5, 0.6) is 23.3 Å². The summed E-state index contributed by atoms with van der Waals surface area (Å²) >= 11 is 0. The Bertz CT molecular complexity index is 1060. The number of hydrogen-bond acceptors (Lipinski definition) is 5. The summed E-state index contributed by atoms with van der Waals surface area (Å²) in [7, 11) is 0. The van der Waals surface area contributed by atoms with Gasteiger partial charge in [-0.1, -0.05) is 48.0 Å². The first-order valence-electron chi connectivity index (χ1n) is 8.21. The van der Waals surface area contributed by atoms with E-state index in [2.05, 4.69) is 9.97 Å². The Morgan fingerprint density at radius 2 is 1.35 bits per heavy atom. The topological polar surface area (TPSA) is 70.3 Å². The second-order valence-electron chi connectivity index (χ2n) is 5.92. The third-order valence-corrected chi connectivity index (χ3v) is 3.98. The molecule has 26 heavy (non-hydrogen) atoms. The Hall–Kier alpha value is -3.60. The monoisotopic (exact) mass is 343 g/mol. The molecule has 0 unspecified atom stereocenters. The smallest absolute Gasteiger partial charge is 0.249 e. The fraction of sp³-hybridized carbons (Fsp3) is 0.0476. The van der Waals surface area contributed by atoms with E-state index in [1.165, 1.54) is 6.33 Å². The van der Waals surface area contributed by atoms with E-state index >= 15 is 0 Å². The van der Waals surface area contributed by atoms with E-state index in [0.717, 1.165) is 16.3 Å². The van der Waals surface area contributed by atoms with Crippen LogP contribution in [0.3, 0.4) is 0 Å². The van der Waals surface area contributed by atoms with Crippen molar-refractivity contribution in [2.24, 2.45) is 0 Å². The summed E-state index contributed by atoms with van der Waals surface area (Å²) in [5, 5.41) is 2.22. The van der Waals surface area contributed by atoms with Crippen LogP contribution < -0.4 is 15.2 Å². The minimum absolute atomic E-state index is 0.251. The van der Waals surface area contributed by atoms with Crippen LogP contribution in [-0.2, 0) is 0 Å². The van der Waals surface area contributed by atoms with Crippen LogP contribution in [0, 0.1) is 6.92 Å². The number of anilines is 1. The molecule has 0 amide bonds. The van der Waals surface area contributed by atoms with Crippen LogP contribution in [0.15, 0.2) is 73.1 Å². The molecule has 0 atom stereocenters. The van der Waals surface area contributed by atoms with Crippen molar-refractivity contribution in [1.29, 1.82) is 0 Å². The third-order valence-electron chi connectivity index (χ3n) is 3.98. The zero-order valence-corrected chi connectivity index (χ0v) is 14.2. The predicted molar refractivity (Wildman–Crippen MR) is 102 cm³/mol. The van der Waals surface area contributed by atoms with Crippen molar-refractivity contribution < 1.29 is 9.47 Å². The van der Waals surface area contributed by atoms with E-state index in [4.69, 9.17) is 15.2 Å². The zero-order valence-electron chi connectivity index (χ0n) is 14.2. The van der Waals surface area contributed by atoms with Crippen LogP contribution in [-0.4, -0.2) is 9.97 Å². The second kappa shape index (κ2) is 6.72. The van der Waals surface area contributed by atoms with Gasteiger partial charge in [-0.2, -0.15) is 9.97 Å². The van der Waals surface area contributed by atoms with E-state index in [-0.39, 0.29) is 17.4 Å². The Kier molecular flexibility index (Phi) is 4.11. The lowest BCUT2D eigenvalue weighted by molar-refractivity contribution is 0.438. The summed E-state index contributed by atoms with van der Waals surface area (Å²) in [6.07, 6.45) is 1.37. The molecule has 0 saturated heterocycles. The lowest BCUT2D eigenvalue weighted by Crippen LogP contribution is -2.00. The van der Waals surface area contributed by atoms with Crippen molar-refractivity contribution in [2.75, 3.05) is 5.73 Å². The number of nitrogen functional groups attached to an aromatic ring is 1. The number of aromatic nitrogens is 2. The predicted octanol–water partition coefficient (Wildman–Crippen LogP) is 5.11. The fourth-order valence-corrected chi connectivity index (χ4v) is 2.59. The number of ether oxygens (including phenoxy) is 2. The first kappa shape index (κ1) is 15.9. The van der Waals surface area contributed by atoms with Gasteiger partial charge in [0.25, 0.3) is 0 Å². The maximum absolute atomic E-state index is 6.15. The first-order chi connectivity index (χ1) is 12.7. The van der Waals surface area contributed by atoms with Gasteiger partial charge in [0.2, 0.25) is 11.8 Å². The maximum Gasteiger partial charge on any atom is 0.249 e.